The number of methoxy groups -OCH3 is 2. The maximum absolute atomic E-state index is 9.79. The van der Waals surface area contributed by atoms with Crippen LogP contribution >= 0.6 is 22.6 Å². The zero-order valence-electron chi connectivity index (χ0n) is 12.6. The smallest absolute Gasteiger partial charge is 0.161 e. The van der Waals surface area contributed by atoms with Crippen LogP contribution in [0.5, 0.6) is 11.5 Å². The van der Waals surface area contributed by atoms with Crippen molar-refractivity contribution in [2.24, 2.45) is 5.92 Å². The summed E-state index contributed by atoms with van der Waals surface area (Å²) in [6.45, 7) is 4.21. The second-order valence-electron chi connectivity index (χ2n) is 5.10. The first-order valence-corrected chi connectivity index (χ1v) is 8.28. The van der Waals surface area contributed by atoms with Crippen molar-refractivity contribution in [1.82, 2.24) is 0 Å². The molecule has 0 saturated carbocycles. The number of alkyl halides is 1. The molecule has 0 fully saturated rings. The Morgan fingerprint density at radius 1 is 1.25 bits per heavy atom. The Balaban J connectivity index is 3.31. The number of hydrogen-bond acceptors (Lipinski definition) is 3. The van der Waals surface area contributed by atoms with Gasteiger partial charge in [-0.2, -0.15) is 5.26 Å². The predicted molar refractivity (Wildman–Crippen MR) is 89.8 cm³/mol. The first kappa shape index (κ1) is 17.1. The van der Waals surface area contributed by atoms with Crippen LogP contribution in [0, 0.1) is 17.2 Å². The summed E-state index contributed by atoms with van der Waals surface area (Å²) in [5.41, 5.74) is 0.544. The van der Waals surface area contributed by atoms with E-state index in [-0.39, 0.29) is 5.92 Å². The molecule has 0 spiro atoms. The topological polar surface area (TPSA) is 42.2 Å². The molecule has 0 aliphatic rings. The van der Waals surface area contributed by atoms with Crippen LogP contribution in [0.1, 0.15) is 32.3 Å². The fourth-order valence-corrected chi connectivity index (χ4v) is 2.86. The molecule has 0 saturated heterocycles. The van der Waals surface area contributed by atoms with Gasteiger partial charge in [0.05, 0.1) is 25.7 Å². The highest BCUT2D eigenvalue weighted by atomic mass is 127. The van der Waals surface area contributed by atoms with Crippen LogP contribution in [0.25, 0.3) is 0 Å². The van der Waals surface area contributed by atoms with Crippen LogP contribution in [0.15, 0.2) is 18.2 Å². The number of rotatable bonds is 7. The zero-order valence-corrected chi connectivity index (χ0v) is 14.7. The summed E-state index contributed by atoms with van der Waals surface area (Å²) in [5, 5.41) is 9.79. The van der Waals surface area contributed by atoms with Crippen LogP contribution < -0.4 is 9.47 Å². The Morgan fingerprint density at radius 2 is 1.90 bits per heavy atom. The van der Waals surface area contributed by atoms with E-state index in [1.165, 1.54) is 0 Å². The van der Waals surface area contributed by atoms with Gasteiger partial charge in [0, 0.05) is 0 Å². The van der Waals surface area contributed by atoms with Gasteiger partial charge in [-0.25, -0.2) is 0 Å². The van der Waals surface area contributed by atoms with E-state index in [9.17, 15) is 5.26 Å². The van der Waals surface area contributed by atoms with Crippen LogP contribution in [0.2, 0.25) is 0 Å². The number of ether oxygens (including phenoxy) is 2. The molecule has 0 radical (unpaired) electrons. The Hall–Kier alpha value is -0.960. The van der Waals surface area contributed by atoms with E-state index < -0.39 is 5.41 Å². The Labute approximate surface area is 135 Å². The van der Waals surface area contributed by atoms with Crippen molar-refractivity contribution in [1.29, 1.82) is 5.26 Å². The third-order valence-electron chi connectivity index (χ3n) is 3.79. The molecular weight excluding hydrogens is 365 g/mol. The number of nitrogens with zero attached hydrogens (tertiary/aromatic N) is 1. The average molecular weight is 387 g/mol. The summed E-state index contributed by atoms with van der Waals surface area (Å²) < 4.78 is 11.7. The third kappa shape index (κ3) is 3.38. The number of benzene rings is 1. The molecule has 3 nitrogen and oxygen atoms in total. The van der Waals surface area contributed by atoms with Crippen LogP contribution in [0.4, 0.5) is 0 Å². The molecule has 110 valence electrons. The summed E-state index contributed by atoms with van der Waals surface area (Å²) in [7, 11) is 3.24. The van der Waals surface area contributed by atoms with Gasteiger partial charge in [-0.15, -0.1) is 0 Å². The predicted octanol–water partition coefficient (Wildman–Crippen LogP) is 4.34. The van der Waals surface area contributed by atoms with Gasteiger partial charge in [0.2, 0.25) is 0 Å². The fraction of sp³-hybridized carbons (Fsp3) is 0.562. The highest BCUT2D eigenvalue weighted by Gasteiger charge is 2.36. The van der Waals surface area contributed by atoms with Crippen molar-refractivity contribution in [3.8, 4) is 17.6 Å². The lowest BCUT2D eigenvalue weighted by Gasteiger charge is -2.31. The highest BCUT2D eigenvalue weighted by molar-refractivity contribution is 14.1. The van der Waals surface area contributed by atoms with Crippen LogP contribution in [-0.4, -0.2) is 18.6 Å². The summed E-state index contributed by atoms with van der Waals surface area (Å²) >= 11 is 2.36. The van der Waals surface area contributed by atoms with Crippen molar-refractivity contribution in [2.45, 2.75) is 32.1 Å². The Morgan fingerprint density at radius 3 is 2.35 bits per heavy atom. The second kappa shape index (κ2) is 7.72. The minimum absolute atomic E-state index is 0.244. The molecule has 0 N–H and O–H groups in total. The quantitative estimate of drug-likeness (QED) is 0.517. The average Bonchev–Trinajstić information content (AvgIpc) is 2.47. The lowest BCUT2D eigenvalue weighted by molar-refractivity contribution is 0.344. The van der Waals surface area contributed by atoms with Crippen LogP contribution in [-0.2, 0) is 5.41 Å². The number of nitriles is 1. The lowest BCUT2D eigenvalue weighted by Crippen LogP contribution is -2.31. The van der Waals surface area contributed by atoms with Crippen molar-refractivity contribution in [3.63, 3.8) is 0 Å². The Bertz CT molecular complexity index is 482. The largest absolute Gasteiger partial charge is 0.493 e. The molecule has 1 unspecified atom stereocenters. The van der Waals surface area contributed by atoms with Crippen molar-refractivity contribution < 1.29 is 9.47 Å². The monoisotopic (exact) mass is 387 g/mol. The minimum atomic E-state index is -0.468. The third-order valence-corrected chi connectivity index (χ3v) is 4.55. The number of hydrogen-bond donors (Lipinski definition) is 0. The maximum atomic E-state index is 9.79. The van der Waals surface area contributed by atoms with E-state index in [2.05, 4.69) is 42.5 Å². The molecule has 4 heteroatoms. The summed E-state index contributed by atoms with van der Waals surface area (Å²) in [6.07, 6.45) is 1.89. The fourth-order valence-electron chi connectivity index (χ4n) is 2.48. The van der Waals surface area contributed by atoms with Crippen molar-refractivity contribution in [2.75, 3.05) is 18.6 Å². The molecule has 0 heterocycles. The zero-order chi connectivity index (χ0) is 15.2. The molecule has 20 heavy (non-hydrogen) atoms. The van der Waals surface area contributed by atoms with E-state index in [0.29, 0.717) is 11.5 Å². The van der Waals surface area contributed by atoms with Gasteiger partial charge >= 0.3 is 0 Å². The summed E-state index contributed by atoms with van der Waals surface area (Å²) in [5.74, 6) is 1.62. The van der Waals surface area contributed by atoms with E-state index in [4.69, 9.17) is 9.47 Å². The number of halogens is 1. The van der Waals surface area contributed by atoms with Gasteiger partial charge in [0.25, 0.3) is 0 Å². The first-order chi connectivity index (χ1) is 9.55. The molecule has 1 aromatic rings. The summed E-state index contributed by atoms with van der Waals surface area (Å²) in [6, 6.07) is 8.36. The molecule has 0 bridgehead atoms. The van der Waals surface area contributed by atoms with E-state index in [0.717, 1.165) is 22.8 Å². The SMILES string of the molecule is COc1ccc(C(C#N)(CCCI)C(C)C)cc1OC. The second-order valence-corrected chi connectivity index (χ2v) is 6.18. The van der Waals surface area contributed by atoms with Crippen molar-refractivity contribution in [3.05, 3.63) is 23.8 Å². The van der Waals surface area contributed by atoms with Gasteiger partial charge < -0.3 is 9.47 Å². The van der Waals surface area contributed by atoms with Gasteiger partial charge in [0.1, 0.15) is 0 Å². The molecular formula is C16H22INO2. The van der Waals surface area contributed by atoms with Crippen LogP contribution in [0.3, 0.4) is 0 Å². The molecule has 0 aliphatic carbocycles. The van der Waals surface area contributed by atoms with Gasteiger partial charge in [-0.1, -0.05) is 42.5 Å². The normalized spacial score (nSPS) is 13.7. The Kier molecular flexibility index (Phi) is 6.60. The molecule has 1 atom stereocenters. The molecule has 1 aromatic carbocycles. The molecule has 1 rings (SSSR count). The highest BCUT2D eigenvalue weighted by Crippen LogP contribution is 2.40. The van der Waals surface area contributed by atoms with Gasteiger partial charge in [0.15, 0.2) is 11.5 Å². The molecule has 0 aromatic heterocycles. The maximum Gasteiger partial charge on any atom is 0.161 e. The molecule has 0 amide bonds. The van der Waals surface area contributed by atoms with Gasteiger partial charge in [-0.3, -0.25) is 0 Å². The van der Waals surface area contributed by atoms with Gasteiger partial charge in [-0.05, 0) is 40.9 Å². The first-order valence-electron chi connectivity index (χ1n) is 6.75. The minimum Gasteiger partial charge on any atom is -0.493 e. The standard InChI is InChI=1S/C16H22INO2/c1-12(2)16(11-18,8-5-9-17)13-6-7-14(19-3)15(10-13)20-4/h6-7,10,12H,5,8-9H2,1-4H3. The van der Waals surface area contributed by atoms with E-state index >= 15 is 0 Å². The van der Waals surface area contributed by atoms with E-state index in [1.807, 2.05) is 18.2 Å². The summed E-state index contributed by atoms with van der Waals surface area (Å²) in [4.78, 5) is 0. The lowest BCUT2D eigenvalue weighted by atomic mass is 9.70. The van der Waals surface area contributed by atoms with E-state index in [1.54, 1.807) is 14.2 Å². The molecule has 0 aliphatic heterocycles. The van der Waals surface area contributed by atoms with Crippen molar-refractivity contribution >= 4 is 22.6 Å².